The third-order valence-electron chi connectivity index (χ3n) is 3.31. The lowest BCUT2D eigenvalue weighted by Crippen LogP contribution is -2.18. The normalized spacial score (nSPS) is 11.2. The van der Waals surface area contributed by atoms with Crippen molar-refractivity contribution in [2.75, 3.05) is 7.05 Å². The average molecular weight is 283 g/mol. The highest BCUT2D eigenvalue weighted by molar-refractivity contribution is 5.42. The van der Waals surface area contributed by atoms with Crippen LogP contribution in [0.15, 0.2) is 51.5 Å². The molecule has 0 N–H and O–H groups in total. The minimum atomic E-state index is 0.416. The minimum Gasteiger partial charge on any atom is -0.459 e. The minimum absolute atomic E-state index is 0.416. The molecule has 5 heteroatoms. The van der Waals surface area contributed by atoms with Crippen LogP contribution in [0.1, 0.15) is 17.0 Å². The van der Waals surface area contributed by atoms with Crippen LogP contribution < -0.4 is 0 Å². The molecule has 5 nitrogen and oxygen atoms in total. The summed E-state index contributed by atoms with van der Waals surface area (Å²) in [5.41, 5.74) is 2.58. The quantitative estimate of drug-likeness (QED) is 0.719. The standard InChI is InChI=1S/C16H17N3O2/c1-12-6-3-4-7-13(12)10-19(2)11-15-17-18-16(21-15)14-8-5-9-20-14/h3-9H,10-11H2,1-2H3. The molecule has 0 bridgehead atoms. The lowest BCUT2D eigenvalue weighted by Gasteiger charge is -2.15. The average Bonchev–Trinajstić information content (AvgIpc) is 3.12. The molecule has 21 heavy (non-hydrogen) atoms. The van der Waals surface area contributed by atoms with Gasteiger partial charge in [0.25, 0.3) is 5.89 Å². The van der Waals surface area contributed by atoms with E-state index in [0.717, 1.165) is 6.54 Å². The zero-order valence-corrected chi connectivity index (χ0v) is 12.1. The van der Waals surface area contributed by atoms with Gasteiger partial charge in [-0.15, -0.1) is 10.2 Å². The van der Waals surface area contributed by atoms with Crippen molar-refractivity contribution in [1.29, 1.82) is 0 Å². The van der Waals surface area contributed by atoms with Crippen molar-refractivity contribution in [3.63, 3.8) is 0 Å². The van der Waals surface area contributed by atoms with Crippen LogP contribution in [0, 0.1) is 6.92 Å². The first kappa shape index (κ1) is 13.6. The Morgan fingerprint density at radius 3 is 2.67 bits per heavy atom. The fraction of sp³-hybridized carbons (Fsp3) is 0.250. The monoisotopic (exact) mass is 283 g/mol. The number of benzene rings is 1. The number of rotatable bonds is 5. The first-order chi connectivity index (χ1) is 10.2. The van der Waals surface area contributed by atoms with Crippen molar-refractivity contribution in [3.05, 3.63) is 59.7 Å². The van der Waals surface area contributed by atoms with E-state index in [0.29, 0.717) is 24.1 Å². The van der Waals surface area contributed by atoms with Gasteiger partial charge >= 0.3 is 0 Å². The Morgan fingerprint density at radius 2 is 1.90 bits per heavy atom. The Labute approximate surface area is 123 Å². The molecular formula is C16H17N3O2. The summed E-state index contributed by atoms with van der Waals surface area (Å²) in [4.78, 5) is 2.14. The smallest absolute Gasteiger partial charge is 0.283 e. The molecule has 0 aliphatic heterocycles. The van der Waals surface area contributed by atoms with Crippen molar-refractivity contribution < 1.29 is 8.83 Å². The zero-order chi connectivity index (χ0) is 14.7. The predicted molar refractivity (Wildman–Crippen MR) is 78.4 cm³/mol. The van der Waals surface area contributed by atoms with Crippen molar-refractivity contribution >= 4 is 0 Å². The lowest BCUT2D eigenvalue weighted by atomic mass is 10.1. The second kappa shape index (κ2) is 5.93. The molecule has 0 spiro atoms. The highest BCUT2D eigenvalue weighted by atomic mass is 16.4. The van der Waals surface area contributed by atoms with E-state index < -0.39 is 0 Å². The van der Waals surface area contributed by atoms with Crippen molar-refractivity contribution in [1.82, 2.24) is 15.1 Å². The first-order valence-electron chi connectivity index (χ1n) is 6.81. The van der Waals surface area contributed by atoms with Crippen LogP contribution in [0.25, 0.3) is 11.7 Å². The number of hydrogen-bond acceptors (Lipinski definition) is 5. The van der Waals surface area contributed by atoms with Crippen LogP contribution in [-0.2, 0) is 13.1 Å². The van der Waals surface area contributed by atoms with Crippen molar-refractivity contribution in [3.8, 4) is 11.7 Å². The topological polar surface area (TPSA) is 55.3 Å². The predicted octanol–water partition coefficient (Wildman–Crippen LogP) is 3.27. The van der Waals surface area contributed by atoms with Crippen LogP contribution in [0.5, 0.6) is 0 Å². The number of hydrogen-bond donors (Lipinski definition) is 0. The highest BCUT2D eigenvalue weighted by Crippen LogP contribution is 2.18. The van der Waals surface area contributed by atoms with E-state index in [4.69, 9.17) is 8.83 Å². The summed E-state index contributed by atoms with van der Waals surface area (Å²) < 4.78 is 10.8. The van der Waals surface area contributed by atoms with Gasteiger partial charge in [0.1, 0.15) is 0 Å². The van der Waals surface area contributed by atoms with Gasteiger partial charge in [-0.3, -0.25) is 4.90 Å². The zero-order valence-electron chi connectivity index (χ0n) is 12.1. The van der Waals surface area contributed by atoms with Gasteiger partial charge in [0, 0.05) is 6.54 Å². The number of aryl methyl sites for hydroxylation is 1. The van der Waals surface area contributed by atoms with E-state index in [-0.39, 0.29) is 0 Å². The van der Waals surface area contributed by atoms with Crippen molar-refractivity contribution in [2.45, 2.75) is 20.0 Å². The molecule has 2 aromatic heterocycles. The van der Waals surface area contributed by atoms with Crippen molar-refractivity contribution in [2.24, 2.45) is 0 Å². The molecule has 0 unspecified atom stereocenters. The van der Waals surface area contributed by atoms with E-state index in [2.05, 4.69) is 40.2 Å². The fourth-order valence-corrected chi connectivity index (χ4v) is 2.18. The first-order valence-corrected chi connectivity index (χ1v) is 6.81. The molecule has 1 aromatic carbocycles. The van der Waals surface area contributed by atoms with E-state index in [1.54, 1.807) is 18.4 Å². The summed E-state index contributed by atoms with van der Waals surface area (Å²) in [6, 6.07) is 11.9. The summed E-state index contributed by atoms with van der Waals surface area (Å²) in [6.07, 6.45) is 1.59. The summed E-state index contributed by atoms with van der Waals surface area (Å²) in [5.74, 6) is 1.59. The molecular weight excluding hydrogens is 266 g/mol. The van der Waals surface area contributed by atoms with Gasteiger partial charge in [-0.25, -0.2) is 0 Å². The highest BCUT2D eigenvalue weighted by Gasteiger charge is 2.12. The Kier molecular flexibility index (Phi) is 3.83. The molecule has 0 fully saturated rings. The SMILES string of the molecule is Cc1ccccc1CN(C)Cc1nnc(-c2ccco2)o1. The maximum Gasteiger partial charge on any atom is 0.283 e. The fourth-order valence-electron chi connectivity index (χ4n) is 2.18. The molecule has 0 radical (unpaired) electrons. The van der Waals surface area contributed by atoms with Gasteiger partial charge in [-0.2, -0.15) is 0 Å². The Morgan fingerprint density at radius 1 is 1.05 bits per heavy atom. The molecule has 2 heterocycles. The second-order valence-corrected chi connectivity index (χ2v) is 5.08. The summed E-state index contributed by atoms with van der Waals surface area (Å²) >= 11 is 0. The molecule has 3 rings (SSSR count). The summed E-state index contributed by atoms with van der Waals surface area (Å²) in [7, 11) is 2.03. The van der Waals surface area contributed by atoms with Gasteiger partial charge in [0.15, 0.2) is 5.76 Å². The molecule has 0 saturated carbocycles. The van der Waals surface area contributed by atoms with Gasteiger partial charge < -0.3 is 8.83 Å². The molecule has 0 saturated heterocycles. The lowest BCUT2D eigenvalue weighted by molar-refractivity contribution is 0.281. The Bertz CT molecular complexity index is 704. The molecule has 0 amide bonds. The van der Waals surface area contributed by atoms with Gasteiger partial charge in [0.2, 0.25) is 5.89 Å². The Balaban J connectivity index is 1.65. The van der Waals surface area contributed by atoms with Crippen LogP contribution in [0.3, 0.4) is 0 Å². The summed E-state index contributed by atoms with van der Waals surface area (Å²) in [6.45, 7) is 3.55. The number of nitrogens with zero attached hydrogens (tertiary/aromatic N) is 3. The van der Waals surface area contributed by atoms with E-state index in [9.17, 15) is 0 Å². The second-order valence-electron chi connectivity index (χ2n) is 5.08. The molecule has 0 aliphatic carbocycles. The van der Waals surface area contributed by atoms with Crippen LogP contribution in [0.2, 0.25) is 0 Å². The number of aromatic nitrogens is 2. The molecule has 0 aliphatic rings. The molecule has 3 aromatic rings. The Hall–Kier alpha value is -2.40. The number of furan rings is 1. The van der Waals surface area contributed by atoms with Crippen LogP contribution >= 0.6 is 0 Å². The van der Waals surface area contributed by atoms with E-state index in [1.165, 1.54) is 11.1 Å². The third-order valence-corrected chi connectivity index (χ3v) is 3.31. The van der Waals surface area contributed by atoms with Crippen LogP contribution in [0.4, 0.5) is 0 Å². The molecule has 108 valence electrons. The van der Waals surface area contributed by atoms with Crippen LogP contribution in [-0.4, -0.2) is 22.1 Å². The van der Waals surface area contributed by atoms with Gasteiger partial charge in [-0.05, 0) is 37.2 Å². The maximum atomic E-state index is 5.61. The van der Waals surface area contributed by atoms with E-state index >= 15 is 0 Å². The molecule has 0 atom stereocenters. The van der Waals surface area contributed by atoms with Gasteiger partial charge in [-0.1, -0.05) is 24.3 Å². The third kappa shape index (κ3) is 3.20. The maximum absolute atomic E-state index is 5.61. The largest absolute Gasteiger partial charge is 0.459 e. The summed E-state index contributed by atoms with van der Waals surface area (Å²) in [5, 5.41) is 8.06. The van der Waals surface area contributed by atoms with Gasteiger partial charge in [0.05, 0.1) is 12.8 Å². The van der Waals surface area contributed by atoms with E-state index in [1.807, 2.05) is 13.1 Å².